The molecule has 2 N–H and O–H groups in total. The second-order valence-electron chi connectivity index (χ2n) is 8.13. The van der Waals surface area contributed by atoms with E-state index in [4.69, 9.17) is 0 Å². The van der Waals surface area contributed by atoms with Crippen molar-refractivity contribution in [2.24, 2.45) is 5.41 Å². The number of H-pyrrole nitrogens is 1. The molecule has 2 fully saturated rings. The van der Waals surface area contributed by atoms with Gasteiger partial charge in [0.05, 0.1) is 6.33 Å². The average Bonchev–Trinajstić information content (AvgIpc) is 3.17. The lowest BCUT2D eigenvalue weighted by Gasteiger charge is -2.48. The van der Waals surface area contributed by atoms with Gasteiger partial charge in [0, 0.05) is 56.3 Å². The first-order valence-electron chi connectivity index (χ1n) is 9.87. The summed E-state index contributed by atoms with van der Waals surface area (Å²) in [6, 6.07) is 7.54. The molecule has 0 aliphatic carbocycles. The molecule has 1 aromatic carbocycles. The summed E-state index contributed by atoms with van der Waals surface area (Å²) in [5.41, 5.74) is 2.43. The Labute approximate surface area is 160 Å². The Kier molecular flexibility index (Phi) is 5.16. The summed E-state index contributed by atoms with van der Waals surface area (Å²) in [6.07, 6.45) is 8.36. The van der Waals surface area contributed by atoms with Crippen LogP contribution >= 0.6 is 0 Å². The van der Waals surface area contributed by atoms with Crippen molar-refractivity contribution in [2.45, 2.75) is 38.6 Å². The summed E-state index contributed by atoms with van der Waals surface area (Å²) in [4.78, 5) is 24.2. The number of aromatic hydroxyl groups is 1. The molecule has 3 heterocycles. The van der Waals surface area contributed by atoms with Crippen molar-refractivity contribution in [1.29, 1.82) is 0 Å². The summed E-state index contributed by atoms with van der Waals surface area (Å²) < 4.78 is 0. The Balaban J connectivity index is 1.39. The van der Waals surface area contributed by atoms with Gasteiger partial charge in [-0.25, -0.2) is 4.98 Å². The fraction of sp³-hybridized carbons (Fsp3) is 0.524. The van der Waals surface area contributed by atoms with Crippen LogP contribution in [0, 0.1) is 5.41 Å². The SMILES string of the molecule is O=C1CC[C@@]2(CCCN(Cc3cccc(O)c3)C2)CN1CCc1cnc[nH]1. The predicted octanol–water partition coefficient (Wildman–Crippen LogP) is 2.56. The maximum absolute atomic E-state index is 12.4. The van der Waals surface area contributed by atoms with Crippen molar-refractivity contribution in [1.82, 2.24) is 19.8 Å². The number of aromatic nitrogens is 2. The number of carbonyl (C=O) groups excluding carboxylic acids is 1. The van der Waals surface area contributed by atoms with Gasteiger partial charge in [0.25, 0.3) is 0 Å². The van der Waals surface area contributed by atoms with Gasteiger partial charge in [-0.1, -0.05) is 12.1 Å². The van der Waals surface area contributed by atoms with E-state index in [0.717, 1.165) is 56.8 Å². The fourth-order valence-corrected chi connectivity index (χ4v) is 4.67. The Morgan fingerprint density at radius 2 is 2.19 bits per heavy atom. The molecule has 0 radical (unpaired) electrons. The summed E-state index contributed by atoms with van der Waals surface area (Å²) in [5.74, 6) is 0.609. The summed E-state index contributed by atoms with van der Waals surface area (Å²) in [7, 11) is 0. The molecule has 144 valence electrons. The highest BCUT2D eigenvalue weighted by molar-refractivity contribution is 5.77. The van der Waals surface area contributed by atoms with E-state index >= 15 is 0 Å². The molecule has 0 unspecified atom stereocenters. The molecule has 2 aliphatic rings. The molecular formula is C21H28N4O2. The fourth-order valence-electron chi connectivity index (χ4n) is 4.67. The van der Waals surface area contributed by atoms with Crippen molar-refractivity contribution in [3.63, 3.8) is 0 Å². The first-order chi connectivity index (χ1) is 13.1. The van der Waals surface area contributed by atoms with E-state index in [1.54, 1.807) is 12.4 Å². The van der Waals surface area contributed by atoms with Crippen molar-refractivity contribution < 1.29 is 9.90 Å². The van der Waals surface area contributed by atoms with E-state index in [1.807, 2.05) is 18.3 Å². The molecule has 0 bridgehead atoms. The molecule has 27 heavy (non-hydrogen) atoms. The van der Waals surface area contributed by atoms with Crippen LogP contribution in [0.5, 0.6) is 5.75 Å². The average molecular weight is 368 g/mol. The summed E-state index contributed by atoms with van der Waals surface area (Å²) in [5, 5.41) is 9.72. The van der Waals surface area contributed by atoms with Crippen molar-refractivity contribution in [3.8, 4) is 5.75 Å². The number of aromatic amines is 1. The van der Waals surface area contributed by atoms with E-state index in [9.17, 15) is 9.90 Å². The van der Waals surface area contributed by atoms with Crippen LogP contribution in [0.1, 0.15) is 36.9 Å². The minimum absolute atomic E-state index is 0.205. The van der Waals surface area contributed by atoms with Gasteiger partial charge < -0.3 is 15.0 Å². The number of nitrogens with one attached hydrogen (secondary N) is 1. The van der Waals surface area contributed by atoms with E-state index in [1.165, 1.54) is 12.8 Å². The van der Waals surface area contributed by atoms with E-state index in [0.29, 0.717) is 12.2 Å². The van der Waals surface area contributed by atoms with Gasteiger partial charge >= 0.3 is 0 Å². The minimum Gasteiger partial charge on any atom is -0.508 e. The molecule has 6 nitrogen and oxygen atoms in total. The number of phenols is 1. The molecule has 2 aromatic rings. The van der Waals surface area contributed by atoms with E-state index < -0.39 is 0 Å². The van der Waals surface area contributed by atoms with Crippen LogP contribution in [0.25, 0.3) is 0 Å². The van der Waals surface area contributed by atoms with Crippen LogP contribution in [-0.4, -0.2) is 57.0 Å². The zero-order valence-corrected chi connectivity index (χ0v) is 15.7. The first-order valence-corrected chi connectivity index (χ1v) is 9.87. The van der Waals surface area contributed by atoms with Gasteiger partial charge in [0.15, 0.2) is 0 Å². The Morgan fingerprint density at radius 1 is 1.26 bits per heavy atom. The van der Waals surface area contributed by atoms with Gasteiger partial charge in [-0.2, -0.15) is 0 Å². The highest BCUT2D eigenvalue weighted by atomic mass is 16.3. The third-order valence-electron chi connectivity index (χ3n) is 6.01. The predicted molar refractivity (Wildman–Crippen MR) is 103 cm³/mol. The minimum atomic E-state index is 0.205. The van der Waals surface area contributed by atoms with Gasteiger partial charge in [0.2, 0.25) is 5.91 Å². The number of imidazole rings is 1. The zero-order valence-electron chi connectivity index (χ0n) is 15.7. The Bertz CT molecular complexity index is 776. The Hall–Kier alpha value is -2.34. The number of rotatable bonds is 5. The molecule has 2 saturated heterocycles. The molecule has 1 aromatic heterocycles. The van der Waals surface area contributed by atoms with Crippen LogP contribution in [0.15, 0.2) is 36.8 Å². The Morgan fingerprint density at radius 3 is 3.00 bits per heavy atom. The number of likely N-dealkylation sites (tertiary alicyclic amines) is 2. The molecule has 1 atom stereocenters. The van der Waals surface area contributed by atoms with Gasteiger partial charge in [-0.15, -0.1) is 0 Å². The largest absolute Gasteiger partial charge is 0.508 e. The maximum atomic E-state index is 12.4. The molecule has 1 amide bonds. The number of nitrogens with zero attached hydrogens (tertiary/aromatic N) is 3. The summed E-state index contributed by atoms with van der Waals surface area (Å²) >= 11 is 0. The topological polar surface area (TPSA) is 72.5 Å². The number of carbonyl (C=O) groups is 1. The highest BCUT2D eigenvalue weighted by Gasteiger charge is 2.41. The first kappa shape index (κ1) is 18.0. The lowest BCUT2D eigenvalue weighted by atomic mass is 9.73. The molecular weight excluding hydrogens is 340 g/mol. The second kappa shape index (κ2) is 7.72. The van der Waals surface area contributed by atoms with Gasteiger partial charge in [-0.05, 0) is 43.5 Å². The lowest BCUT2D eigenvalue weighted by Crippen LogP contribution is -2.54. The number of hydrogen-bond donors (Lipinski definition) is 2. The van der Waals surface area contributed by atoms with E-state index in [-0.39, 0.29) is 11.3 Å². The van der Waals surface area contributed by atoms with E-state index in [2.05, 4.69) is 25.8 Å². The molecule has 1 spiro atoms. The number of piperidine rings is 2. The normalized spacial score (nSPS) is 23.9. The lowest BCUT2D eigenvalue weighted by molar-refractivity contribution is -0.139. The quantitative estimate of drug-likeness (QED) is 0.851. The van der Waals surface area contributed by atoms with Gasteiger partial charge in [0.1, 0.15) is 5.75 Å². The standard InChI is InChI=1S/C21H28N4O2/c26-19-4-1-3-17(11-19)13-24-9-2-7-21(14-24)8-5-20(27)25(15-21)10-6-18-12-22-16-23-18/h1,3-4,11-12,16,26H,2,5-10,13-15H2,(H,22,23)/t21-/m1/s1. The van der Waals surface area contributed by atoms with Gasteiger partial charge in [-0.3, -0.25) is 9.69 Å². The maximum Gasteiger partial charge on any atom is 0.222 e. The van der Waals surface area contributed by atoms with Crippen molar-refractivity contribution >= 4 is 5.91 Å². The van der Waals surface area contributed by atoms with Crippen LogP contribution in [0.2, 0.25) is 0 Å². The molecule has 6 heteroatoms. The van der Waals surface area contributed by atoms with Crippen LogP contribution in [0.3, 0.4) is 0 Å². The molecule has 4 rings (SSSR count). The number of phenolic OH excluding ortho intramolecular Hbond substituents is 1. The monoisotopic (exact) mass is 368 g/mol. The third-order valence-corrected chi connectivity index (χ3v) is 6.01. The van der Waals surface area contributed by atoms with Crippen LogP contribution < -0.4 is 0 Å². The molecule has 0 saturated carbocycles. The highest BCUT2D eigenvalue weighted by Crippen LogP contribution is 2.39. The van der Waals surface area contributed by atoms with Crippen molar-refractivity contribution in [3.05, 3.63) is 48.0 Å². The second-order valence-corrected chi connectivity index (χ2v) is 8.13. The smallest absolute Gasteiger partial charge is 0.222 e. The number of hydrogen-bond acceptors (Lipinski definition) is 4. The number of amides is 1. The van der Waals surface area contributed by atoms with Crippen LogP contribution in [0.4, 0.5) is 0 Å². The number of benzene rings is 1. The zero-order chi connectivity index (χ0) is 18.7. The molecule has 2 aliphatic heterocycles. The van der Waals surface area contributed by atoms with Crippen molar-refractivity contribution in [2.75, 3.05) is 26.2 Å². The van der Waals surface area contributed by atoms with Crippen LogP contribution in [-0.2, 0) is 17.8 Å². The third kappa shape index (κ3) is 4.33. The summed E-state index contributed by atoms with van der Waals surface area (Å²) in [6.45, 7) is 4.58.